The van der Waals surface area contributed by atoms with Crippen molar-refractivity contribution in [2.24, 2.45) is 0 Å². The second kappa shape index (κ2) is 18.0. The topological polar surface area (TPSA) is 0 Å². The average molecular weight is 129 g/mol. The fourth-order valence-electron chi connectivity index (χ4n) is 0. The Kier molecular flexibility index (Phi) is 144. The van der Waals surface area contributed by atoms with Crippen LogP contribution in [0.15, 0.2) is 0 Å². The van der Waals surface area contributed by atoms with Gasteiger partial charge in [-0.15, -0.1) is 0 Å². The van der Waals surface area contributed by atoms with Crippen LogP contribution in [-0.2, 0) is 19.5 Å². The van der Waals surface area contributed by atoms with E-state index < -0.39 is 0 Å². The van der Waals surface area contributed by atoms with E-state index >= 15 is 0 Å². The minimum atomic E-state index is 0. The summed E-state index contributed by atoms with van der Waals surface area (Å²) in [6.45, 7) is 0. The van der Waals surface area contributed by atoms with Gasteiger partial charge in [0.2, 0.25) is 0 Å². The van der Waals surface area contributed by atoms with E-state index in [1.165, 1.54) is 0 Å². The molecule has 0 amide bonds. The summed E-state index contributed by atoms with van der Waals surface area (Å²) in [6, 6.07) is 0. The predicted octanol–water partition coefficient (Wildman–Crippen LogP) is -7.22. The molecule has 0 fully saturated rings. The Labute approximate surface area is 80.7 Å². The second-order valence-electron chi connectivity index (χ2n) is 0. The minimum Gasteiger partial charge on any atom is -1.00 e. The zero-order valence-electron chi connectivity index (χ0n) is 4.71. The van der Waals surface area contributed by atoms with E-state index in [1.807, 2.05) is 0 Å². The number of rotatable bonds is 0. The van der Waals surface area contributed by atoms with E-state index in [2.05, 4.69) is 0 Å². The molecule has 0 nitrogen and oxygen atoms in total. The molecule has 0 saturated carbocycles. The Hall–Kier alpha value is 2.44. The van der Waals surface area contributed by atoms with Gasteiger partial charge in [-0.1, -0.05) is 0 Å². The fraction of sp³-hybridized carbons (Fsp3) is 0. The molecule has 0 aromatic heterocycles. The van der Waals surface area contributed by atoms with Crippen LogP contribution in [0.1, 0.15) is 2.85 Å². The molecule has 0 heterocycles. The zero-order chi connectivity index (χ0) is 0. The van der Waals surface area contributed by atoms with Crippen molar-refractivity contribution in [2.75, 3.05) is 0 Å². The van der Waals surface area contributed by atoms with Crippen LogP contribution in [0.2, 0.25) is 0 Å². The first-order chi connectivity index (χ1) is 0. The zero-order valence-corrected chi connectivity index (χ0v) is 7.67. The van der Waals surface area contributed by atoms with Gasteiger partial charge in [0, 0.05) is 19.5 Å². The van der Waals surface area contributed by atoms with Crippen molar-refractivity contribution in [1.82, 2.24) is 0 Å². The van der Waals surface area contributed by atoms with Crippen molar-refractivity contribution < 1.29 is 70.7 Å². The van der Waals surface area contributed by atoms with Gasteiger partial charge in [-0.05, 0) is 11.0 Å². The summed E-state index contributed by atoms with van der Waals surface area (Å²) in [5.41, 5.74) is 0. The van der Waals surface area contributed by atoms with Crippen LogP contribution in [-0.4, -0.2) is 11.0 Å². The Morgan fingerprint density at radius 2 is 1.25 bits per heavy atom. The largest absolute Gasteiger partial charge is 1.00 e. The van der Waals surface area contributed by atoms with Crippen molar-refractivity contribution in [3.05, 3.63) is 0 Å². The van der Waals surface area contributed by atoms with E-state index in [-0.39, 0.29) is 81.7 Å². The molecule has 0 aromatic rings. The molecule has 0 atom stereocenters. The molecule has 0 unspecified atom stereocenters. The first-order valence-corrected chi connectivity index (χ1v) is 0. The summed E-state index contributed by atoms with van der Waals surface area (Å²) in [5.74, 6) is 0. The van der Waals surface area contributed by atoms with Crippen LogP contribution in [0.5, 0.6) is 0 Å². The van der Waals surface area contributed by atoms with E-state index in [9.17, 15) is 0 Å². The van der Waals surface area contributed by atoms with Crippen molar-refractivity contribution in [3.8, 4) is 0 Å². The predicted molar refractivity (Wildman–Crippen MR) is 13.6 cm³/mol. The van der Waals surface area contributed by atoms with E-state index in [0.29, 0.717) is 0 Å². The van der Waals surface area contributed by atoms with Gasteiger partial charge in [0.25, 0.3) is 0 Å². The van der Waals surface area contributed by atoms with Crippen molar-refractivity contribution in [1.29, 1.82) is 0 Å². The van der Waals surface area contributed by atoms with Gasteiger partial charge in [0.1, 0.15) is 0 Å². The van der Waals surface area contributed by atoms with Gasteiger partial charge in [-0.3, -0.25) is 0 Å². The minimum absolute atomic E-state index is 0. The third kappa shape index (κ3) is 8.83. The van der Waals surface area contributed by atoms with Crippen LogP contribution in [0.3, 0.4) is 0 Å². The van der Waals surface area contributed by atoms with Crippen LogP contribution < -0.4 is 48.4 Å². The Balaban J connectivity index is 0. The van der Waals surface area contributed by atoms with Gasteiger partial charge in [0.15, 0.2) is 0 Å². The summed E-state index contributed by atoms with van der Waals surface area (Å²) >= 11 is 0. The molecule has 0 rings (SSSR count). The summed E-state index contributed by atoms with van der Waals surface area (Å²) in [4.78, 5) is 0. The molecule has 4 heteroatoms. The maximum absolute atomic E-state index is 0. The first kappa shape index (κ1) is 32.0. The maximum Gasteiger partial charge on any atom is 1.00 e. The van der Waals surface area contributed by atoms with Crippen LogP contribution in [0.25, 0.3) is 0 Å². The smallest absolute Gasteiger partial charge is 1.00 e. The molecule has 0 aliphatic rings. The monoisotopic (exact) mass is 128 g/mol. The number of hydrogen-bond acceptors (Lipinski definition) is 0. The molecule has 0 saturated heterocycles. The average Bonchev–Trinajstić information content (AvgIpc) is 0. The Morgan fingerprint density at radius 3 is 1.25 bits per heavy atom. The van der Waals surface area contributed by atoms with E-state index in [1.54, 1.807) is 0 Å². The van der Waals surface area contributed by atoms with Crippen molar-refractivity contribution in [3.63, 3.8) is 0 Å². The van der Waals surface area contributed by atoms with Crippen molar-refractivity contribution in [2.45, 2.75) is 0 Å². The van der Waals surface area contributed by atoms with E-state index in [4.69, 9.17) is 0 Å². The normalized spacial score (nSPS) is 0. The maximum atomic E-state index is 0. The third-order valence-corrected chi connectivity index (χ3v) is 0. The van der Waals surface area contributed by atoms with Gasteiger partial charge in [0.05, 0.1) is 0 Å². The molecule has 0 radical (unpaired) electrons. The fourth-order valence-corrected chi connectivity index (χ4v) is 0. The second-order valence-corrected chi connectivity index (χ2v) is 0. The summed E-state index contributed by atoms with van der Waals surface area (Å²) in [5, 5.41) is 0. The van der Waals surface area contributed by atoms with Gasteiger partial charge in [-0.2, -0.15) is 0 Å². The van der Waals surface area contributed by atoms with Crippen molar-refractivity contribution >= 4 is 11.0 Å². The van der Waals surface area contributed by atoms with Crippen LogP contribution in [0, 0.1) is 0 Å². The molecular weight excluding hydrogens is 123 g/mol. The van der Waals surface area contributed by atoms with Crippen LogP contribution in [0.4, 0.5) is 0 Å². The third-order valence-electron chi connectivity index (χ3n) is 0. The summed E-state index contributed by atoms with van der Waals surface area (Å²) in [6.07, 6.45) is 0. The van der Waals surface area contributed by atoms with E-state index in [0.717, 1.165) is 0 Å². The van der Waals surface area contributed by atoms with Gasteiger partial charge < -0.3 is 2.85 Å². The van der Waals surface area contributed by atoms with Crippen LogP contribution >= 0.6 is 0 Å². The SMILES string of the molecule is [H-].[H-].[Li+].[Na+].[SiH4].[Zn]. The summed E-state index contributed by atoms with van der Waals surface area (Å²) in [7, 11) is 0. The molecule has 0 N–H and O–H groups in total. The Bertz CT molecular complexity index is 13.5. The Morgan fingerprint density at radius 1 is 1.25 bits per heavy atom. The number of hydrogen-bond donors (Lipinski definition) is 0. The molecule has 0 aliphatic carbocycles. The molecule has 0 spiro atoms. The molecule has 4 heavy (non-hydrogen) atoms. The van der Waals surface area contributed by atoms with Gasteiger partial charge in [-0.25, -0.2) is 0 Å². The summed E-state index contributed by atoms with van der Waals surface area (Å²) < 4.78 is 0. The standard InChI is InChI=1S/Li.Na.H4Si.Zn.2H/h;;1H4;;;/q2*+1;;;2*-1. The molecular formula is H6LiNaSiZn. The molecule has 0 bridgehead atoms. The first-order valence-electron chi connectivity index (χ1n) is 0. The molecule has 0 aliphatic heterocycles. The quantitative estimate of drug-likeness (QED) is 0.285. The van der Waals surface area contributed by atoms with Gasteiger partial charge >= 0.3 is 48.4 Å². The molecule has 0 aromatic carbocycles. The molecule has 14 valence electrons.